The van der Waals surface area contributed by atoms with Crippen LogP contribution >= 0.6 is 0 Å². The second-order valence-corrected chi connectivity index (χ2v) is 4.55. The molecule has 0 radical (unpaired) electrons. The predicted octanol–water partition coefficient (Wildman–Crippen LogP) is 2.84. The number of aryl methyl sites for hydroxylation is 1. The molecule has 94 valence electrons. The number of nitrogens with two attached hydrogens (primary N) is 1. The normalized spacial score (nSPS) is 22.5. The van der Waals surface area contributed by atoms with Gasteiger partial charge >= 0.3 is 0 Å². The summed E-state index contributed by atoms with van der Waals surface area (Å²) in [6, 6.07) is 1.86. The average Bonchev–Trinajstić information content (AvgIpc) is 2.34. The standard InChI is InChI=1S/C13H17F2NO/c1-8-6-9(11(15)7-10(8)14)13(16)12-4-2-3-5-17-12/h6-7,12-13H,2-5,16H2,1H3. The van der Waals surface area contributed by atoms with Crippen LogP contribution in [0.5, 0.6) is 0 Å². The molecular weight excluding hydrogens is 224 g/mol. The van der Waals surface area contributed by atoms with Crippen LogP contribution in [-0.4, -0.2) is 12.7 Å². The predicted molar refractivity (Wildman–Crippen MR) is 61.6 cm³/mol. The maximum Gasteiger partial charge on any atom is 0.131 e. The largest absolute Gasteiger partial charge is 0.376 e. The topological polar surface area (TPSA) is 35.2 Å². The van der Waals surface area contributed by atoms with Gasteiger partial charge in [0.25, 0.3) is 0 Å². The number of ether oxygens (including phenoxy) is 1. The molecule has 0 aromatic heterocycles. The molecule has 1 aliphatic heterocycles. The third-order valence-corrected chi connectivity index (χ3v) is 3.25. The van der Waals surface area contributed by atoms with Crippen LogP contribution in [0.15, 0.2) is 12.1 Å². The molecule has 1 aliphatic rings. The molecule has 0 bridgehead atoms. The van der Waals surface area contributed by atoms with E-state index < -0.39 is 17.7 Å². The zero-order valence-electron chi connectivity index (χ0n) is 9.88. The van der Waals surface area contributed by atoms with Crippen molar-refractivity contribution in [3.05, 3.63) is 34.9 Å². The van der Waals surface area contributed by atoms with Gasteiger partial charge in [-0.15, -0.1) is 0 Å². The molecule has 4 heteroatoms. The van der Waals surface area contributed by atoms with Gasteiger partial charge in [-0.1, -0.05) is 0 Å². The lowest BCUT2D eigenvalue weighted by molar-refractivity contribution is -0.000647. The highest BCUT2D eigenvalue weighted by Crippen LogP contribution is 2.27. The molecule has 2 atom stereocenters. The summed E-state index contributed by atoms with van der Waals surface area (Å²) < 4.78 is 32.3. The summed E-state index contributed by atoms with van der Waals surface area (Å²) in [7, 11) is 0. The van der Waals surface area contributed by atoms with Crippen molar-refractivity contribution in [2.24, 2.45) is 5.73 Å². The maximum absolute atomic E-state index is 13.7. The third-order valence-electron chi connectivity index (χ3n) is 3.25. The summed E-state index contributed by atoms with van der Waals surface area (Å²) in [5.41, 5.74) is 6.76. The van der Waals surface area contributed by atoms with E-state index in [0.29, 0.717) is 17.7 Å². The fourth-order valence-electron chi connectivity index (χ4n) is 2.18. The van der Waals surface area contributed by atoms with Crippen LogP contribution in [-0.2, 0) is 4.74 Å². The fourth-order valence-corrected chi connectivity index (χ4v) is 2.18. The van der Waals surface area contributed by atoms with Gasteiger partial charge in [0.15, 0.2) is 0 Å². The highest BCUT2D eigenvalue weighted by Gasteiger charge is 2.25. The fraction of sp³-hybridized carbons (Fsp3) is 0.538. The van der Waals surface area contributed by atoms with Gasteiger partial charge in [-0.3, -0.25) is 0 Å². The second-order valence-electron chi connectivity index (χ2n) is 4.55. The van der Waals surface area contributed by atoms with Crippen molar-refractivity contribution in [3.8, 4) is 0 Å². The Bertz CT molecular complexity index is 403. The first-order valence-electron chi connectivity index (χ1n) is 5.92. The van der Waals surface area contributed by atoms with Gasteiger partial charge in [0.05, 0.1) is 12.1 Å². The minimum atomic E-state index is -0.588. The van der Waals surface area contributed by atoms with E-state index in [4.69, 9.17) is 10.5 Å². The minimum absolute atomic E-state index is 0.164. The molecule has 2 unspecified atom stereocenters. The maximum atomic E-state index is 13.7. The third kappa shape index (κ3) is 2.64. The molecule has 0 amide bonds. The van der Waals surface area contributed by atoms with Gasteiger partial charge in [-0.2, -0.15) is 0 Å². The van der Waals surface area contributed by atoms with E-state index in [1.165, 1.54) is 6.07 Å². The van der Waals surface area contributed by atoms with E-state index >= 15 is 0 Å². The Hall–Kier alpha value is -1.00. The van der Waals surface area contributed by atoms with Gasteiger partial charge in [0, 0.05) is 18.2 Å². The number of halogens is 2. The Morgan fingerprint density at radius 3 is 2.71 bits per heavy atom. The van der Waals surface area contributed by atoms with E-state index in [0.717, 1.165) is 25.3 Å². The molecular formula is C13H17F2NO. The minimum Gasteiger partial charge on any atom is -0.376 e. The number of rotatable bonds is 2. The highest BCUT2D eigenvalue weighted by molar-refractivity contribution is 5.28. The van der Waals surface area contributed by atoms with Gasteiger partial charge in [0.2, 0.25) is 0 Å². The van der Waals surface area contributed by atoms with Gasteiger partial charge in [0.1, 0.15) is 11.6 Å². The number of hydrogen-bond acceptors (Lipinski definition) is 2. The van der Waals surface area contributed by atoms with Crippen LogP contribution in [0.4, 0.5) is 8.78 Å². The second kappa shape index (κ2) is 5.10. The summed E-state index contributed by atoms with van der Waals surface area (Å²) in [6.45, 7) is 2.27. The molecule has 1 fully saturated rings. The zero-order valence-corrected chi connectivity index (χ0v) is 9.88. The van der Waals surface area contributed by atoms with E-state index in [9.17, 15) is 8.78 Å². The smallest absolute Gasteiger partial charge is 0.131 e. The lowest BCUT2D eigenvalue weighted by Gasteiger charge is -2.28. The number of hydrogen-bond donors (Lipinski definition) is 1. The lowest BCUT2D eigenvalue weighted by Crippen LogP contribution is -2.32. The molecule has 1 aromatic rings. The molecule has 0 saturated carbocycles. The van der Waals surface area contributed by atoms with Crippen LogP contribution in [0.3, 0.4) is 0 Å². The summed E-state index contributed by atoms with van der Waals surface area (Å²) in [5.74, 6) is -1.13. The quantitative estimate of drug-likeness (QED) is 0.864. The van der Waals surface area contributed by atoms with Crippen molar-refractivity contribution < 1.29 is 13.5 Å². The molecule has 17 heavy (non-hydrogen) atoms. The first kappa shape index (κ1) is 12.5. The van der Waals surface area contributed by atoms with Gasteiger partial charge < -0.3 is 10.5 Å². The molecule has 2 N–H and O–H groups in total. The number of benzene rings is 1. The SMILES string of the molecule is Cc1cc(C(N)C2CCCCO2)c(F)cc1F. The van der Waals surface area contributed by atoms with E-state index in [1.807, 2.05) is 0 Å². The Labute approximate surface area is 99.8 Å². The summed E-state index contributed by atoms with van der Waals surface area (Å²) >= 11 is 0. The Kier molecular flexibility index (Phi) is 3.74. The van der Waals surface area contributed by atoms with Gasteiger partial charge in [-0.05, 0) is 37.8 Å². The molecule has 1 saturated heterocycles. The summed E-state index contributed by atoms with van der Waals surface area (Å²) in [6.07, 6.45) is 2.73. The van der Waals surface area contributed by atoms with E-state index in [2.05, 4.69) is 0 Å². The molecule has 2 rings (SSSR count). The molecule has 1 heterocycles. The zero-order chi connectivity index (χ0) is 12.4. The highest BCUT2D eigenvalue weighted by atomic mass is 19.1. The van der Waals surface area contributed by atoms with Crippen LogP contribution < -0.4 is 5.73 Å². The van der Waals surface area contributed by atoms with Crippen molar-refractivity contribution in [3.63, 3.8) is 0 Å². The van der Waals surface area contributed by atoms with E-state index in [-0.39, 0.29) is 6.10 Å². The Morgan fingerprint density at radius 2 is 2.06 bits per heavy atom. The van der Waals surface area contributed by atoms with Crippen molar-refractivity contribution in [2.45, 2.75) is 38.3 Å². The lowest BCUT2D eigenvalue weighted by atomic mass is 9.95. The van der Waals surface area contributed by atoms with Crippen LogP contribution in [0.2, 0.25) is 0 Å². The first-order chi connectivity index (χ1) is 8.09. The van der Waals surface area contributed by atoms with Crippen molar-refractivity contribution in [1.29, 1.82) is 0 Å². The van der Waals surface area contributed by atoms with Crippen molar-refractivity contribution >= 4 is 0 Å². The summed E-state index contributed by atoms with van der Waals surface area (Å²) in [5, 5.41) is 0. The molecule has 1 aromatic carbocycles. The van der Waals surface area contributed by atoms with Crippen molar-refractivity contribution in [1.82, 2.24) is 0 Å². The molecule has 0 aliphatic carbocycles. The van der Waals surface area contributed by atoms with Crippen LogP contribution in [0, 0.1) is 18.6 Å². The average molecular weight is 241 g/mol. The van der Waals surface area contributed by atoms with E-state index in [1.54, 1.807) is 6.92 Å². The van der Waals surface area contributed by atoms with Crippen LogP contribution in [0.1, 0.15) is 36.4 Å². The van der Waals surface area contributed by atoms with Gasteiger partial charge in [-0.25, -0.2) is 8.78 Å². The van der Waals surface area contributed by atoms with Crippen molar-refractivity contribution in [2.75, 3.05) is 6.61 Å². The van der Waals surface area contributed by atoms with Crippen LogP contribution in [0.25, 0.3) is 0 Å². The first-order valence-corrected chi connectivity index (χ1v) is 5.92. The monoisotopic (exact) mass is 241 g/mol. The molecule has 0 spiro atoms. The summed E-state index contributed by atoms with van der Waals surface area (Å²) in [4.78, 5) is 0. The Balaban J connectivity index is 2.23. The molecule has 2 nitrogen and oxygen atoms in total. The Morgan fingerprint density at radius 1 is 1.29 bits per heavy atom.